The van der Waals surface area contributed by atoms with Crippen LogP contribution < -0.4 is 5.32 Å². The van der Waals surface area contributed by atoms with Crippen LogP contribution in [0.1, 0.15) is 24.5 Å². The molecule has 0 aliphatic rings. The summed E-state index contributed by atoms with van der Waals surface area (Å²) < 4.78 is 17.5. The molecule has 1 atom stereocenters. The maximum Gasteiger partial charge on any atom is 0.226 e. The smallest absolute Gasteiger partial charge is 0.226 e. The quantitative estimate of drug-likeness (QED) is 0.708. The van der Waals surface area contributed by atoms with Crippen molar-refractivity contribution < 1.29 is 13.7 Å². The van der Waals surface area contributed by atoms with E-state index < -0.39 is 10.8 Å². The van der Waals surface area contributed by atoms with Crippen molar-refractivity contribution in [1.82, 2.24) is 0 Å². The zero-order chi connectivity index (χ0) is 17.2. The maximum atomic E-state index is 12.3. The maximum absolute atomic E-state index is 12.3. The van der Waals surface area contributed by atoms with E-state index in [2.05, 4.69) is 5.32 Å². The van der Waals surface area contributed by atoms with Crippen LogP contribution in [0.5, 0.6) is 0 Å². The summed E-state index contributed by atoms with van der Waals surface area (Å²) in [7, 11) is -0.982. The molecule has 0 fully saturated rings. The fraction of sp³-hybridized carbons (Fsp3) is 0.316. The number of hydrogen-bond acceptors (Lipinski definition) is 3. The second kappa shape index (κ2) is 10.0. The van der Waals surface area contributed by atoms with Crippen molar-refractivity contribution >= 4 is 22.4 Å². The Hall–Kier alpha value is -1.98. The summed E-state index contributed by atoms with van der Waals surface area (Å²) in [5.74, 6) is 0.926. The number of carbonyl (C=O) groups is 1. The van der Waals surface area contributed by atoms with Crippen molar-refractivity contribution in [2.24, 2.45) is 0 Å². The summed E-state index contributed by atoms with van der Waals surface area (Å²) in [6.07, 6.45) is 0.331. The first-order chi connectivity index (χ1) is 11.7. The summed E-state index contributed by atoms with van der Waals surface area (Å²) in [6.45, 7) is 2.93. The summed E-state index contributed by atoms with van der Waals surface area (Å²) in [5.41, 5.74) is 2.74. The largest absolute Gasteiger partial charge is 0.381 e. The highest BCUT2D eigenvalue weighted by molar-refractivity contribution is 7.83. The minimum Gasteiger partial charge on any atom is -0.381 e. The Balaban J connectivity index is 1.87. The fourth-order valence-corrected chi connectivity index (χ4v) is 3.49. The lowest BCUT2D eigenvalue weighted by Gasteiger charge is -2.08. The SMILES string of the molecule is CCOCCC(=O)Nc1cccc(C[S@@](=O)Cc2ccccc2)c1. The van der Waals surface area contributed by atoms with Crippen LogP contribution in [0.15, 0.2) is 54.6 Å². The molecule has 0 radical (unpaired) electrons. The normalized spacial score (nSPS) is 11.9. The Morgan fingerprint density at radius 2 is 1.75 bits per heavy atom. The van der Waals surface area contributed by atoms with Gasteiger partial charge in [0.05, 0.1) is 13.0 Å². The van der Waals surface area contributed by atoms with Crippen molar-refractivity contribution in [2.75, 3.05) is 18.5 Å². The van der Waals surface area contributed by atoms with Crippen LogP contribution in [0.25, 0.3) is 0 Å². The first kappa shape index (κ1) is 18.4. The molecule has 0 saturated heterocycles. The highest BCUT2D eigenvalue weighted by atomic mass is 32.2. The molecule has 0 heterocycles. The summed E-state index contributed by atoms with van der Waals surface area (Å²) in [4.78, 5) is 11.8. The van der Waals surface area contributed by atoms with E-state index in [1.54, 1.807) is 0 Å². The van der Waals surface area contributed by atoms with Gasteiger partial charge in [-0.25, -0.2) is 0 Å². The molecule has 2 rings (SSSR count). The van der Waals surface area contributed by atoms with Gasteiger partial charge >= 0.3 is 0 Å². The van der Waals surface area contributed by atoms with Gasteiger partial charge in [0.15, 0.2) is 0 Å². The zero-order valence-corrected chi connectivity index (χ0v) is 14.7. The van der Waals surface area contributed by atoms with Crippen LogP contribution in [0.4, 0.5) is 5.69 Å². The van der Waals surface area contributed by atoms with Crippen LogP contribution in [0.3, 0.4) is 0 Å². The van der Waals surface area contributed by atoms with E-state index in [9.17, 15) is 9.00 Å². The Kier molecular flexibility index (Phi) is 7.65. The van der Waals surface area contributed by atoms with E-state index in [4.69, 9.17) is 4.74 Å². The predicted molar refractivity (Wildman–Crippen MR) is 98.2 cm³/mol. The molecule has 0 spiro atoms. The lowest BCUT2D eigenvalue weighted by Crippen LogP contribution is -2.14. The minimum atomic E-state index is -0.982. The molecule has 5 heteroatoms. The molecule has 1 N–H and O–H groups in total. The van der Waals surface area contributed by atoms with Gasteiger partial charge < -0.3 is 10.1 Å². The summed E-state index contributed by atoms with van der Waals surface area (Å²) >= 11 is 0. The van der Waals surface area contributed by atoms with E-state index in [1.165, 1.54) is 0 Å². The van der Waals surface area contributed by atoms with Gasteiger partial charge in [-0.3, -0.25) is 9.00 Å². The van der Waals surface area contributed by atoms with Crippen LogP contribution in [-0.2, 0) is 31.8 Å². The van der Waals surface area contributed by atoms with E-state index in [0.29, 0.717) is 31.1 Å². The molecule has 0 aliphatic carbocycles. The van der Waals surface area contributed by atoms with E-state index in [1.807, 2.05) is 61.5 Å². The van der Waals surface area contributed by atoms with Gasteiger partial charge in [0.25, 0.3) is 0 Å². The second-order valence-electron chi connectivity index (χ2n) is 5.41. The average molecular weight is 345 g/mol. The molecule has 1 amide bonds. The third-order valence-corrected chi connectivity index (χ3v) is 4.70. The number of nitrogens with one attached hydrogen (secondary N) is 1. The van der Waals surface area contributed by atoms with Crippen molar-refractivity contribution in [3.63, 3.8) is 0 Å². The summed E-state index contributed by atoms with van der Waals surface area (Å²) in [5, 5.41) is 2.85. The van der Waals surface area contributed by atoms with Gasteiger partial charge in [-0.15, -0.1) is 0 Å². The van der Waals surface area contributed by atoms with Crippen molar-refractivity contribution in [2.45, 2.75) is 24.9 Å². The van der Waals surface area contributed by atoms with Gasteiger partial charge in [-0.2, -0.15) is 0 Å². The van der Waals surface area contributed by atoms with Crippen molar-refractivity contribution in [3.05, 3.63) is 65.7 Å². The Morgan fingerprint density at radius 1 is 1.04 bits per heavy atom. The fourth-order valence-electron chi connectivity index (χ4n) is 2.27. The highest BCUT2D eigenvalue weighted by Gasteiger charge is 2.06. The number of rotatable bonds is 9. The number of anilines is 1. The molecule has 0 aromatic heterocycles. The zero-order valence-electron chi connectivity index (χ0n) is 13.9. The molecule has 2 aromatic carbocycles. The number of amides is 1. The number of benzene rings is 2. The standard InChI is InChI=1S/C19H23NO3S/c1-2-23-12-11-19(21)20-18-10-6-9-17(13-18)15-24(22)14-16-7-4-3-5-8-16/h3-10,13H,2,11-12,14-15H2,1H3,(H,20,21)/t24-/m0/s1. The van der Waals surface area contributed by atoms with Crippen molar-refractivity contribution in [1.29, 1.82) is 0 Å². The lowest BCUT2D eigenvalue weighted by molar-refractivity contribution is -0.117. The minimum absolute atomic E-state index is 0.0778. The molecule has 0 unspecified atom stereocenters. The molecule has 0 saturated carbocycles. The highest BCUT2D eigenvalue weighted by Crippen LogP contribution is 2.14. The van der Waals surface area contributed by atoms with E-state index in [-0.39, 0.29) is 5.91 Å². The first-order valence-corrected chi connectivity index (χ1v) is 9.51. The lowest BCUT2D eigenvalue weighted by atomic mass is 10.2. The molecule has 24 heavy (non-hydrogen) atoms. The Labute approximate surface area is 145 Å². The molecule has 4 nitrogen and oxygen atoms in total. The Bertz CT molecular complexity index is 673. The van der Waals surface area contributed by atoms with Crippen LogP contribution in [0.2, 0.25) is 0 Å². The Morgan fingerprint density at radius 3 is 2.50 bits per heavy atom. The molecular formula is C19H23NO3S. The number of carbonyl (C=O) groups excluding carboxylic acids is 1. The topological polar surface area (TPSA) is 55.4 Å². The average Bonchev–Trinajstić information content (AvgIpc) is 2.56. The number of ether oxygens (including phenoxy) is 1. The van der Waals surface area contributed by atoms with Crippen LogP contribution >= 0.6 is 0 Å². The van der Waals surface area contributed by atoms with Crippen LogP contribution in [-0.4, -0.2) is 23.3 Å². The monoisotopic (exact) mass is 345 g/mol. The third-order valence-electron chi connectivity index (χ3n) is 3.39. The van der Waals surface area contributed by atoms with Gasteiger partial charge in [-0.1, -0.05) is 42.5 Å². The molecule has 2 aromatic rings. The van der Waals surface area contributed by atoms with E-state index >= 15 is 0 Å². The van der Waals surface area contributed by atoms with Gasteiger partial charge in [0.1, 0.15) is 0 Å². The van der Waals surface area contributed by atoms with Gasteiger partial charge in [0.2, 0.25) is 5.91 Å². The van der Waals surface area contributed by atoms with Crippen LogP contribution in [0, 0.1) is 0 Å². The molecular weight excluding hydrogens is 322 g/mol. The van der Waals surface area contributed by atoms with E-state index in [0.717, 1.165) is 16.8 Å². The molecule has 0 aliphatic heterocycles. The van der Waals surface area contributed by atoms with Gasteiger partial charge in [-0.05, 0) is 30.2 Å². The third kappa shape index (κ3) is 6.64. The molecule has 0 bridgehead atoms. The second-order valence-corrected chi connectivity index (χ2v) is 6.87. The molecule has 128 valence electrons. The first-order valence-electron chi connectivity index (χ1n) is 8.03. The van der Waals surface area contributed by atoms with Crippen molar-refractivity contribution in [3.8, 4) is 0 Å². The predicted octanol–water partition coefficient (Wildman–Crippen LogP) is 3.50. The number of hydrogen-bond donors (Lipinski definition) is 1. The van der Waals surface area contributed by atoms with Gasteiger partial charge in [0, 0.05) is 34.6 Å². The summed E-state index contributed by atoms with van der Waals surface area (Å²) in [6, 6.07) is 17.3.